The maximum Gasteiger partial charge on any atom is 0.206 e. The highest BCUT2D eigenvalue weighted by molar-refractivity contribution is 7.13. The second kappa shape index (κ2) is 4.07. The Morgan fingerprint density at radius 3 is 2.89 bits per heavy atom. The van der Waals surface area contributed by atoms with Crippen LogP contribution < -0.4 is 0 Å². The number of pyridine rings is 1. The summed E-state index contributed by atoms with van der Waals surface area (Å²) in [6.07, 6.45) is 3.42. The van der Waals surface area contributed by atoms with Crippen molar-refractivity contribution in [3.05, 3.63) is 54.2 Å². The predicted octanol–water partition coefficient (Wildman–Crippen LogP) is 3.74. The van der Waals surface area contributed by atoms with E-state index in [-0.39, 0.29) is 0 Å². The van der Waals surface area contributed by atoms with Gasteiger partial charge in [-0.15, -0.1) is 11.3 Å². The van der Waals surface area contributed by atoms with Gasteiger partial charge in [-0.05, 0) is 29.6 Å². The van der Waals surface area contributed by atoms with Crippen LogP contribution in [0.4, 0.5) is 0 Å². The highest BCUT2D eigenvalue weighted by Gasteiger charge is 2.16. The Bertz CT molecular complexity index is 816. The number of furan rings is 1. The fourth-order valence-corrected chi connectivity index (χ4v) is 2.79. The minimum atomic E-state index is 0.726. The van der Waals surface area contributed by atoms with Crippen molar-refractivity contribution in [3.8, 4) is 16.6 Å². The number of rotatable bonds is 2. The van der Waals surface area contributed by atoms with Crippen LogP contribution in [0.25, 0.3) is 27.7 Å². The summed E-state index contributed by atoms with van der Waals surface area (Å²) in [6.45, 7) is 0. The lowest BCUT2D eigenvalue weighted by Crippen LogP contribution is -1.95. The standard InChI is InChI=1S/C14H9N3OS/c1-4-10-13(15-7-1)17(12-6-2-8-18-12)14(16-10)11-5-3-9-19-11/h1-9H. The normalized spacial score (nSPS) is 11.2. The average molecular weight is 267 g/mol. The quantitative estimate of drug-likeness (QED) is 0.555. The minimum Gasteiger partial charge on any atom is -0.448 e. The van der Waals surface area contributed by atoms with Crippen LogP contribution in [-0.4, -0.2) is 14.5 Å². The Morgan fingerprint density at radius 1 is 1.11 bits per heavy atom. The van der Waals surface area contributed by atoms with Crippen molar-refractivity contribution < 1.29 is 4.42 Å². The van der Waals surface area contributed by atoms with E-state index in [0.717, 1.165) is 27.7 Å². The van der Waals surface area contributed by atoms with Crippen molar-refractivity contribution in [3.63, 3.8) is 0 Å². The van der Waals surface area contributed by atoms with Gasteiger partial charge in [-0.25, -0.2) is 14.5 Å². The van der Waals surface area contributed by atoms with Crippen LogP contribution in [0.5, 0.6) is 0 Å². The third kappa shape index (κ3) is 1.59. The summed E-state index contributed by atoms with van der Waals surface area (Å²) in [7, 11) is 0. The number of hydrogen-bond donors (Lipinski definition) is 0. The first-order valence-corrected chi connectivity index (χ1v) is 6.73. The van der Waals surface area contributed by atoms with Gasteiger partial charge in [0.05, 0.1) is 11.1 Å². The maximum absolute atomic E-state index is 5.51. The first-order chi connectivity index (χ1) is 9.43. The number of thiophene rings is 1. The smallest absolute Gasteiger partial charge is 0.206 e. The molecule has 0 atom stereocenters. The molecule has 0 amide bonds. The Labute approximate surface area is 113 Å². The molecule has 0 spiro atoms. The van der Waals surface area contributed by atoms with Gasteiger partial charge in [0.25, 0.3) is 0 Å². The van der Waals surface area contributed by atoms with Crippen LogP contribution in [0.2, 0.25) is 0 Å². The fraction of sp³-hybridized carbons (Fsp3) is 0. The third-order valence-electron chi connectivity index (χ3n) is 2.88. The lowest BCUT2D eigenvalue weighted by Gasteiger charge is -2.02. The Balaban J connectivity index is 2.10. The number of nitrogens with zero attached hydrogens (tertiary/aromatic N) is 3. The van der Waals surface area contributed by atoms with Gasteiger partial charge >= 0.3 is 0 Å². The van der Waals surface area contributed by atoms with Crippen LogP contribution in [0.15, 0.2) is 58.7 Å². The molecule has 5 heteroatoms. The third-order valence-corrected chi connectivity index (χ3v) is 3.75. The van der Waals surface area contributed by atoms with Crippen LogP contribution in [0.3, 0.4) is 0 Å². The van der Waals surface area contributed by atoms with Crippen molar-refractivity contribution in [2.24, 2.45) is 0 Å². The highest BCUT2D eigenvalue weighted by Crippen LogP contribution is 2.30. The lowest BCUT2D eigenvalue weighted by atomic mass is 10.4. The van der Waals surface area contributed by atoms with E-state index >= 15 is 0 Å². The molecule has 19 heavy (non-hydrogen) atoms. The molecular formula is C14H9N3OS. The predicted molar refractivity (Wildman–Crippen MR) is 74.4 cm³/mol. The summed E-state index contributed by atoms with van der Waals surface area (Å²) in [6, 6.07) is 11.7. The van der Waals surface area contributed by atoms with Gasteiger partial charge in [0, 0.05) is 12.3 Å². The molecular weight excluding hydrogens is 258 g/mol. The first kappa shape index (κ1) is 10.5. The van der Waals surface area contributed by atoms with Crippen LogP contribution >= 0.6 is 11.3 Å². The second-order valence-electron chi connectivity index (χ2n) is 4.05. The summed E-state index contributed by atoms with van der Waals surface area (Å²) in [5, 5.41) is 2.04. The highest BCUT2D eigenvalue weighted by atomic mass is 32.1. The zero-order valence-corrected chi connectivity index (χ0v) is 10.7. The number of aromatic nitrogens is 3. The van der Waals surface area contributed by atoms with E-state index in [1.807, 2.05) is 46.3 Å². The van der Waals surface area contributed by atoms with Crippen LogP contribution in [-0.2, 0) is 0 Å². The van der Waals surface area contributed by atoms with E-state index in [4.69, 9.17) is 4.42 Å². The van der Waals surface area contributed by atoms with Gasteiger partial charge in [-0.1, -0.05) is 6.07 Å². The molecule has 0 unspecified atom stereocenters. The van der Waals surface area contributed by atoms with Gasteiger partial charge in [-0.2, -0.15) is 0 Å². The van der Waals surface area contributed by atoms with E-state index in [1.54, 1.807) is 23.8 Å². The Kier molecular flexibility index (Phi) is 2.25. The molecule has 4 rings (SSSR count). The molecule has 0 radical (unpaired) electrons. The molecule has 0 N–H and O–H groups in total. The van der Waals surface area contributed by atoms with Crippen LogP contribution in [0, 0.1) is 0 Å². The molecule has 0 aromatic carbocycles. The van der Waals surface area contributed by atoms with Gasteiger partial charge in [0.15, 0.2) is 11.5 Å². The second-order valence-corrected chi connectivity index (χ2v) is 4.99. The summed E-state index contributed by atoms with van der Waals surface area (Å²) in [4.78, 5) is 10.2. The minimum absolute atomic E-state index is 0.726. The molecule has 0 aliphatic rings. The van der Waals surface area contributed by atoms with E-state index in [1.165, 1.54) is 0 Å². The van der Waals surface area contributed by atoms with E-state index in [0.29, 0.717) is 0 Å². The van der Waals surface area contributed by atoms with Gasteiger partial charge in [0.2, 0.25) is 5.88 Å². The molecule has 92 valence electrons. The molecule has 0 saturated heterocycles. The van der Waals surface area contributed by atoms with E-state index in [2.05, 4.69) is 9.97 Å². The molecule has 4 aromatic rings. The molecule has 4 aromatic heterocycles. The lowest BCUT2D eigenvalue weighted by molar-refractivity contribution is 0.543. The molecule has 0 aliphatic heterocycles. The molecule has 0 saturated carbocycles. The number of fused-ring (bicyclic) bond motifs is 1. The Morgan fingerprint density at radius 2 is 2.11 bits per heavy atom. The molecule has 0 aliphatic carbocycles. The van der Waals surface area contributed by atoms with Gasteiger partial charge in [-0.3, -0.25) is 0 Å². The summed E-state index contributed by atoms with van der Waals surface area (Å²) in [5.41, 5.74) is 1.67. The SMILES string of the molecule is c1coc(-n2c(-c3cccs3)nc3cccnc32)c1. The Hall–Kier alpha value is -2.40. The summed E-state index contributed by atoms with van der Waals surface area (Å²) >= 11 is 1.65. The maximum atomic E-state index is 5.51. The van der Waals surface area contributed by atoms with Crippen molar-refractivity contribution >= 4 is 22.5 Å². The van der Waals surface area contributed by atoms with Crippen molar-refractivity contribution in [2.75, 3.05) is 0 Å². The number of hydrogen-bond acceptors (Lipinski definition) is 4. The number of imidazole rings is 1. The summed E-state index contributed by atoms with van der Waals surface area (Å²) < 4.78 is 7.46. The largest absolute Gasteiger partial charge is 0.448 e. The molecule has 0 bridgehead atoms. The average Bonchev–Trinajstić information content (AvgIpc) is 3.17. The monoisotopic (exact) mass is 267 g/mol. The van der Waals surface area contributed by atoms with Crippen molar-refractivity contribution in [2.45, 2.75) is 0 Å². The summed E-state index contributed by atoms with van der Waals surface area (Å²) in [5.74, 6) is 1.59. The zero-order valence-electron chi connectivity index (χ0n) is 9.85. The fourth-order valence-electron chi connectivity index (χ4n) is 2.09. The molecule has 4 nitrogen and oxygen atoms in total. The first-order valence-electron chi connectivity index (χ1n) is 5.85. The van der Waals surface area contributed by atoms with E-state index in [9.17, 15) is 0 Å². The van der Waals surface area contributed by atoms with Crippen LogP contribution in [0.1, 0.15) is 0 Å². The zero-order chi connectivity index (χ0) is 12.7. The van der Waals surface area contributed by atoms with Crippen molar-refractivity contribution in [1.82, 2.24) is 14.5 Å². The van der Waals surface area contributed by atoms with Gasteiger partial charge < -0.3 is 4.42 Å². The van der Waals surface area contributed by atoms with Crippen molar-refractivity contribution in [1.29, 1.82) is 0 Å². The molecule has 0 fully saturated rings. The van der Waals surface area contributed by atoms with E-state index < -0.39 is 0 Å². The molecule has 4 heterocycles. The topological polar surface area (TPSA) is 43.9 Å². The van der Waals surface area contributed by atoms with Gasteiger partial charge in [0.1, 0.15) is 5.52 Å².